The second-order valence-corrected chi connectivity index (χ2v) is 5.91. The molecule has 0 fully saturated rings. The number of pyridine rings is 3. The first kappa shape index (κ1) is 20.7. The maximum atomic E-state index is 13.9. The Labute approximate surface area is 168 Å². The van der Waals surface area contributed by atoms with Crippen molar-refractivity contribution in [3.8, 4) is 11.3 Å². The summed E-state index contributed by atoms with van der Waals surface area (Å²) in [5.74, 6) is -2.19. The molecule has 0 unspecified atom stereocenters. The number of carboxylic acid groups (broad SMARTS) is 1. The summed E-state index contributed by atoms with van der Waals surface area (Å²) in [6, 6.07) is 13.0. The van der Waals surface area contributed by atoms with Gasteiger partial charge in [-0.05, 0) is 11.8 Å². The van der Waals surface area contributed by atoms with Crippen LogP contribution >= 0.6 is 0 Å². The molecular formula is C18H14F2N4O2Pt. The maximum Gasteiger partial charge on any atom is 0.354 e. The molecule has 3 aromatic heterocycles. The predicted molar refractivity (Wildman–Crippen MR) is 90.7 cm³/mol. The van der Waals surface area contributed by atoms with Gasteiger partial charge in [-0.1, -0.05) is 29.8 Å². The fourth-order valence-electron chi connectivity index (χ4n) is 2.40. The zero-order valence-electron chi connectivity index (χ0n) is 14.3. The van der Waals surface area contributed by atoms with Crippen LogP contribution in [0.1, 0.15) is 10.5 Å². The third kappa shape index (κ3) is 4.23. The van der Waals surface area contributed by atoms with E-state index in [2.05, 4.69) is 21.0 Å². The van der Waals surface area contributed by atoms with Crippen LogP contribution in [-0.2, 0) is 21.1 Å². The molecule has 0 aliphatic carbocycles. The molecule has 142 valence electrons. The van der Waals surface area contributed by atoms with Crippen molar-refractivity contribution in [3.63, 3.8) is 0 Å². The number of hydrogen-bond acceptors (Lipinski definition) is 4. The van der Waals surface area contributed by atoms with Gasteiger partial charge in [-0.25, -0.2) is 23.0 Å². The summed E-state index contributed by atoms with van der Waals surface area (Å²) in [6.07, 6.45) is 0. The largest absolute Gasteiger partial charge is 0.477 e. The summed E-state index contributed by atoms with van der Waals surface area (Å²) in [4.78, 5) is 22.8. The Kier molecular flexibility index (Phi) is 6.13. The molecule has 27 heavy (non-hydrogen) atoms. The Balaban J connectivity index is 0.00000261. The molecule has 0 amide bonds. The van der Waals surface area contributed by atoms with Gasteiger partial charge in [0.05, 0.1) is 14.1 Å². The molecular weight excluding hydrogens is 537 g/mol. The van der Waals surface area contributed by atoms with E-state index in [0.29, 0.717) is 11.6 Å². The molecule has 9 heteroatoms. The van der Waals surface area contributed by atoms with Crippen molar-refractivity contribution in [1.82, 2.24) is 19.4 Å². The van der Waals surface area contributed by atoms with Crippen molar-refractivity contribution in [3.05, 3.63) is 66.1 Å². The smallest absolute Gasteiger partial charge is 0.354 e. The fourth-order valence-corrected chi connectivity index (χ4v) is 2.40. The van der Waals surface area contributed by atoms with Gasteiger partial charge in [-0.15, -0.1) is 6.07 Å². The van der Waals surface area contributed by atoms with Gasteiger partial charge in [0, 0.05) is 33.2 Å². The molecule has 0 saturated carbocycles. The number of aromatic nitrogens is 3. The standard InChI is InChI=1S/C18H14F2N4O2.Pt/c1-24(2,16-8-4-6-13(22-16)18(25)26)15-7-3-5-12(21-15)11-9-10-14(19)23-17(11)20;/h3-8,10H,1-2H3,(H,25,26);. The molecule has 0 aliphatic heterocycles. The van der Waals surface area contributed by atoms with Gasteiger partial charge in [-0.2, -0.15) is 4.98 Å². The van der Waals surface area contributed by atoms with Crippen LogP contribution in [-0.4, -0.2) is 40.1 Å². The molecule has 0 aromatic carbocycles. The van der Waals surface area contributed by atoms with Crippen LogP contribution < -0.4 is 4.48 Å². The monoisotopic (exact) mass is 551 g/mol. The molecule has 1 N–H and O–H groups in total. The van der Waals surface area contributed by atoms with Gasteiger partial charge in [0.15, 0.2) is 5.69 Å². The van der Waals surface area contributed by atoms with E-state index in [0.717, 1.165) is 6.07 Å². The second-order valence-electron chi connectivity index (χ2n) is 5.91. The minimum absolute atomic E-state index is 0. The van der Waals surface area contributed by atoms with E-state index >= 15 is 0 Å². The Bertz CT molecular complexity index is 999. The van der Waals surface area contributed by atoms with Crippen molar-refractivity contribution in [1.29, 1.82) is 0 Å². The quantitative estimate of drug-likeness (QED) is 0.306. The van der Waals surface area contributed by atoms with Crippen molar-refractivity contribution < 1.29 is 39.7 Å². The van der Waals surface area contributed by atoms with Gasteiger partial charge >= 0.3 is 5.97 Å². The summed E-state index contributed by atoms with van der Waals surface area (Å²) in [5, 5.41) is 9.12. The fraction of sp³-hybridized carbons (Fsp3) is 0.111. The average Bonchev–Trinajstić information content (AvgIpc) is 2.62. The molecule has 0 bridgehead atoms. The molecule has 0 atom stereocenters. The molecule has 0 spiro atoms. The number of carboxylic acids is 1. The van der Waals surface area contributed by atoms with E-state index in [-0.39, 0.29) is 42.5 Å². The number of aromatic carboxylic acids is 1. The van der Waals surface area contributed by atoms with E-state index in [1.54, 1.807) is 44.4 Å². The summed E-state index contributed by atoms with van der Waals surface area (Å²) in [5.41, 5.74) is 0.0838. The Hall–Kier alpha value is -2.57. The molecule has 3 heterocycles. The normalized spacial score (nSPS) is 11.0. The molecule has 3 aromatic rings. The number of rotatable bonds is 4. The minimum atomic E-state index is -1.14. The van der Waals surface area contributed by atoms with E-state index in [4.69, 9.17) is 5.11 Å². The number of quaternary nitrogens is 1. The van der Waals surface area contributed by atoms with Crippen molar-refractivity contribution in [2.24, 2.45) is 0 Å². The third-order valence-electron chi connectivity index (χ3n) is 3.84. The number of hydrogen-bond donors (Lipinski definition) is 1. The van der Waals surface area contributed by atoms with Crippen LogP contribution in [0.4, 0.5) is 20.4 Å². The minimum Gasteiger partial charge on any atom is -0.477 e. The van der Waals surface area contributed by atoms with Crippen molar-refractivity contribution >= 4 is 17.6 Å². The van der Waals surface area contributed by atoms with Crippen LogP contribution in [0.25, 0.3) is 11.3 Å². The third-order valence-corrected chi connectivity index (χ3v) is 3.84. The van der Waals surface area contributed by atoms with Crippen LogP contribution in [0.15, 0.2) is 42.5 Å². The molecule has 6 nitrogen and oxygen atoms in total. The van der Waals surface area contributed by atoms with Crippen LogP contribution in [0.2, 0.25) is 0 Å². The summed E-state index contributed by atoms with van der Waals surface area (Å²) in [6.45, 7) is 0. The van der Waals surface area contributed by atoms with Crippen LogP contribution in [0, 0.1) is 18.0 Å². The number of carbonyl (C=O) groups is 1. The van der Waals surface area contributed by atoms with Crippen LogP contribution in [0.5, 0.6) is 0 Å². The number of halogens is 2. The first-order chi connectivity index (χ1) is 12.3. The van der Waals surface area contributed by atoms with Crippen molar-refractivity contribution in [2.75, 3.05) is 14.1 Å². The Morgan fingerprint density at radius 1 is 1.04 bits per heavy atom. The molecule has 0 aliphatic rings. The second kappa shape index (κ2) is 7.98. The zero-order chi connectivity index (χ0) is 18.9. The molecule has 0 saturated heterocycles. The van der Waals surface area contributed by atoms with E-state index in [1.165, 1.54) is 6.07 Å². The van der Waals surface area contributed by atoms with Crippen molar-refractivity contribution in [2.45, 2.75) is 0 Å². The van der Waals surface area contributed by atoms with Gasteiger partial charge in [0.25, 0.3) is 0 Å². The Morgan fingerprint density at radius 2 is 1.67 bits per heavy atom. The van der Waals surface area contributed by atoms with E-state index in [1.807, 2.05) is 0 Å². The van der Waals surface area contributed by atoms with E-state index < -0.39 is 17.9 Å². The summed E-state index contributed by atoms with van der Waals surface area (Å²) in [7, 11) is 3.53. The average molecular weight is 551 g/mol. The van der Waals surface area contributed by atoms with Gasteiger partial charge in [0.1, 0.15) is 11.9 Å². The predicted octanol–water partition coefficient (Wildman–Crippen LogP) is 3.21. The SMILES string of the molecule is C[N+](C)(c1cccc(C(=O)O)n1)c1cccc(-c2[c-]cc(F)nc2F)n1.[Pt]. The van der Waals surface area contributed by atoms with Crippen LogP contribution in [0.3, 0.4) is 0 Å². The zero-order valence-corrected chi connectivity index (χ0v) is 16.5. The van der Waals surface area contributed by atoms with E-state index in [9.17, 15) is 13.6 Å². The first-order valence-corrected chi connectivity index (χ1v) is 7.55. The first-order valence-electron chi connectivity index (χ1n) is 7.55. The number of nitrogens with zero attached hydrogens (tertiary/aromatic N) is 4. The van der Waals surface area contributed by atoms with Gasteiger partial charge in [0.2, 0.25) is 11.6 Å². The maximum absolute atomic E-state index is 13.9. The topological polar surface area (TPSA) is 76.0 Å². The molecule has 0 radical (unpaired) electrons. The summed E-state index contributed by atoms with van der Waals surface area (Å²) < 4.78 is 26.9. The van der Waals surface area contributed by atoms with Gasteiger partial charge < -0.3 is 5.11 Å². The molecule has 3 rings (SSSR count). The summed E-state index contributed by atoms with van der Waals surface area (Å²) >= 11 is 0. The van der Waals surface area contributed by atoms with Gasteiger partial charge in [-0.3, -0.25) is 4.98 Å². The Morgan fingerprint density at radius 3 is 2.30 bits per heavy atom.